The Balaban J connectivity index is 1.40. The van der Waals surface area contributed by atoms with Crippen LogP contribution in [0.25, 0.3) is 22.4 Å². The monoisotopic (exact) mass is 459 g/mol. The van der Waals surface area contributed by atoms with E-state index in [9.17, 15) is 19.8 Å². The second kappa shape index (κ2) is 8.85. The third-order valence-electron chi connectivity index (χ3n) is 6.39. The summed E-state index contributed by atoms with van der Waals surface area (Å²) in [5.74, 6) is 0.316. The van der Waals surface area contributed by atoms with E-state index in [1.165, 1.54) is 10.8 Å². The summed E-state index contributed by atoms with van der Waals surface area (Å²) in [6, 6.07) is 16.3. The molecule has 4 aromatic rings. The number of piperidine rings is 1. The molecule has 9 nitrogen and oxygen atoms in total. The molecule has 0 radical (unpaired) electrons. The van der Waals surface area contributed by atoms with Crippen LogP contribution in [-0.4, -0.2) is 59.5 Å². The van der Waals surface area contributed by atoms with Gasteiger partial charge in [0.15, 0.2) is 5.65 Å². The van der Waals surface area contributed by atoms with Gasteiger partial charge in [-0.2, -0.15) is 5.10 Å². The van der Waals surface area contributed by atoms with Gasteiger partial charge >= 0.3 is 0 Å². The number of aliphatic hydroxyl groups is 2. The van der Waals surface area contributed by atoms with E-state index < -0.39 is 5.60 Å². The van der Waals surface area contributed by atoms with E-state index in [0.717, 1.165) is 5.56 Å². The number of carbonyl (C=O) groups excluding carboxylic acids is 1. The van der Waals surface area contributed by atoms with Crippen molar-refractivity contribution in [2.24, 2.45) is 0 Å². The predicted octanol–water partition coefficient (Wildman–Crippen LogP) is 1.95. The van der Waals surface area contributed by atoms with Crippen molar-refractivity contribution in [2.45, 2.75) is 31.6 Å². The van der Waals surface area contributed by atoms with Crippen molar-refractivity contribution in [1.82, 2.24) is 24.6 Å². The number of nitrogens with one attached hydrogen (secondary N) is 1. The van der Waals surface area contributed by atoms with Crippen molar-refractivity contribution in [2.75, 3.05) is 13.1 Å². The van der Waals surface area contributed by atoms with Gasteiger partial charge in [-0.25, -0.2) is 4.98 Å². The molecule has 2 aromatic heterocycles. The van der Waals surface area contributed by atoms with E-state index in [4.69, 9.17) is 0 Å². The van der Waals surface area contributed by atoms with Crippen LogP contribution >= 0.6 is 0 Å². The zero-order valence-corrected chi connectivity index (χ0v) is 18.5. The van der Waals surface area contributed by atoms with Crippen LogP contribution in [0.2, 0.25) is 0 Å². The number of aromatic amines is 1. The van der Waals surface area contributed by atoms with E-state index in [1.807, 2.05) is 30.3 Å². The van der Waals surface area contributed by atoms with Gasteiger partial charge in [0.2, 0.25) is 0 Å². The van der Waals surface area contributed by atoms with Crippen molar-refractivity contribution in [3.63, 3.8) is 0 Å². The molecule has 1 saturated heterocycles. The number of carbonyl (C=O) groups is 1. The van der Waals surface area contributed by atoms with E-state index in [-0.39, 0.29) is 24.6 Å². The summed E-state index contributed by atoms with van der Waals surface area (Å²) < 4.78 is 1.51. The van der Waals surface area contributed by atoms with Crippen LogP contribution in [-0.2, 0) is 13.2 Å². The fraction of sp³-hybridized carbons (Fsp3) is 0.280. The number of H-pyrrole nitrogens is 1. The average molecular weight is 460 g/mol. The quantitative estimate of drug-likeness (QED) is 0.419. The number of likely N-dealkylation sites (tertiary alicyclic amines) is 1. The molecule has 5 rings (SSSR count). The maximum atomic E-state index is 13.3. The topological polar surface area (TPSA) is 124 Å². The summed E-state index contributed by atoms with van der Waals surface area (Å²) in [5, 5.41) is 27.8. The summed E-state index contributed by atoms with van der Waals surface area (Å²) in [4.78, 5) is 32.5. The SMILES string of the molecule is O=C(c1cccc(CO)c1)N1CCC(O)(Cn2c(-c3ccccc3)nc3[nH]ncc3c2=O)CC1. The lowest BCUT2D eigenvalue weighted by Gasteiger charge is -2.38. The van der Waals surface area contributed by atoms with Crippen LogP contribution in [0.3, 0.4) is 0 Å². The number of aliphatic hydroxyl groups excluding tert-OH is 1. The Morgan fingerprint density at radius 1 is 1.09 bits per heavy atom. The zero-order chi connectivity index (χ0) is 23.7. The van der Waals surface area contributed by atoms with Gasteiger partial charge in [0.25, 0.3) is 11.5 Å². The van der Waals surface area contributed by atoms with Crippen molar-refractivity contribution in [3.05, 3.63) is 82.3 Å². The molecule has 9 heteroatoms. The molecule has 34 heavy (non-hydrogen) atoms. The van der Waals surface area contributed by atoms with Gasteiger partial charge in [-0.3, -0.25) is 19.3 Å². The van der Waals surface area contributed by atoms with Crippen LogP contribution in [0, 0.1) is 0 Å². The fourth-order valence-electron chi connectivity index (χ4n) is 4.45. The highest BCUT2D eigenvalue weighted by Gasteiger charge is 2.36. The zero-order valence-electron chi connectivity index (χ0n) is 18.5. The lowest BCUT2D eigenvalue weighted by atomic mass is 9.90. The largest absolute Gasteiger partial charge is 0.392 e. The van der Waals surface area contributed by atoms with Gasteiger partial charge < -0.3 is 15.1 Å². The smallest absolute Gasteiger partial charge is 0.265 e. The highest BCUT2D eigenvalue weighted by molar-refractivity contribution is 5.94. The molecular weight excluding hydrogens is 434 g/mol. The Labute approximate surface area is 195 Å². The average Bonchev–Trinajstić information content (AvgIpc) is 3.35. The van der Waals surface area contributed by atoms with E-state index >= 15 is 0 Å². The maximum Gasteiger partial charge on any atom is 0.265 e. The second-order valence-corrected chi connectivity index (χ2v) is 8.70. The molecule has 2 aromatic carbocycles. The molecule has 0 saturated carbocycles. The molecule has 3 heterocycles. The van der Waals surface area contributed by atoms with Crippen molar-refractivity contribution < 1.29 is 15.0 Å². The molecule has 174 valence electrons. The van der Waals surface area contributed by atoms with Gasteiger partial charge in [0.05, 0.1) is 24.9 Å². The van der Waals surface area contributed by atoms with Gasteiger partial charge in [-0.05, 0) is 30.5 Å². The van der Waals surface area contributed by atoms with Crippen LogP contribution in [0.4, 0.5) is 0 Å². The molecular formula is C25H25N5O4. The van der Waals surface area contributed by atoms with Crippen LogP contribution < -0.4 is 5.56 Å². The Bertz CT molecular complexity index is 1390. The van der Waals surface area contributed by atoms with Crippen LogP contribution in [0.5, 0.6) is 0 Å². The van der Waals surface area contributed by atoms with Crippen molar-refractivity contribution in [1.29, 1.82) is 0 Å². The van der Waals surface area contributed by atoms with Gasteiger partial charge in [-0.15, -0.1) is 0 Å². The lowest BCUT2D eigenvalue weighted by molar-refractivity contribution is -0.0296. The van der Waals surface area contributed by atoms with Crippen molar-refractivity contribution >= 4 is 16.9 Å². The molecule has 0 unspecified atom stereocenters. The first-order valence-corrected chi connectivity index (χ1v) is 11.2. The minimum absolute atomic E-state index is 0.0617. The molecule has 1 fully saturated rings. The number of fused-ring (bicyclic) bond motifs is 1. The summed E-state index contributed by atoms with van der Waals surface area (Å²) >= 11 is 0. The lowest BCUT2D eigenvalue weighted by Crippen LogP contribution is -2.50. The molecule has 0 atom stereocenters. The third-order valence-corrected chi connectivity index (χ3v) is 6.39. The third kappa shape index (κ3) is 4.11. The van der Waals surface area contributed by atoms with E-state index in [1.54, 1.807) is 29.2 Å². The van der Waals surface area contributed by atoms with Gasteiger partial charge in [-0.1, -0.05) is 42.5 Å². The number of benzene rings is 2. The van der Waals surface area contributed by atoms with E-state index in [2.05, 4.69) is 15.2 Å². The molecule has 1 amide bonds. The Morgan fingerprint density at radius 3 is 2.59 bits per heavy atom. The predicted molar refractivity (Wildman–Crippen MR) is 126 cm³/mol. The minimum atomic E-state index is -1.17. The normalized spacial score (nSPS) is 15.5. The first-order chi connectivity index (χ1) is 16.5. The molecule has 0 spiro atoms. The van der Waals surface area contributed by atoms with Crippen LogP contribution in [0.15, 0.2) is 65.6 Å². The van der Waals surface area contributed by atoms with E-state index in [0.29, 0.717) is 53.9 Å². The number of rotatable bonds is 5. The minimum Gasteiger partial charge on any atom is -0.392 e. The van der Waals surface area contributed by atoms with Gasteiger partial charge in [0.1, 0.15) is 11.2 Å². The number of hydrogen-bond donors (Lipinski definition) is 3. The Kier molecular flexibility index (Phi) is 5.72. The van der Waals surface area contributed by atoms with Crippen LogP contribution in [0.1, 0.15) is 28.8 Å². The molecule has 1 aliphatic rings. The summed E-state index contributed by atoms with van der Waals surface area (Å²) in [6.07, 6.45) is 2.09. The highest BCUT2D eigenvalue weighted by atomic mass is 16.3. The molecule has 1 aliphatic heterocycles. The Hall–Kier alpha value is -3.82. The number of amides is 1. The number of nitrogens with zero attached hydrogens (tertiary/aromatic N) is 4. The maximum absolute atomic E-state index is 13.3. The molecule has 0 aliphatic carbocycles. The first kappa shape index (κ1) is 22.0. The number of aromatic nitrogens is 4. The highest BCUT2D eigenvalue weighted by Crippen LogP contribution is 2.27. The number of hydrogen-bond acceptors (Lipinski definition) is 6. The standard InChI is InChI=1S/C25H25N5O4/c31-15-17-5-4-8-19(13-17)23(32)29-11-9-25(34,10-12-29)16-30-22(18-6-2-1-3-7-18)27-21-20(24(30)33)14-26-28-21/h1-8,13-14,31,34H,9-12,15-16H2,(H,26,28). The fourth-order valence-corrected chi connectivity index (χ4v) is 4.45. The summed E-state index contributed by atoms with van der Waals surface area (Å²) in [6.45, 7) is 0.644. The molecule has 0 bridgehead atoms. The van der Waals surface area contributed by atoms with Crippen molar-refractivity contribution in [3.8, 4) is 11.4 Å². The molecule has 3 N–H and O–H groups in total. The summed E-state index contributed by atoms with van der Waals surface area (Å²) in [5.41, 5.74) is 0.901. The Morgan fingerprint density at radius 2 is 1.85 bits per heavy atom. The first-order valence-electron chi connectivity index (χ1n) is 11.2. The van der Waals surface area contributed by atoms with Gasteiger partial charge in [0, 0.05) is 24.2 Å². The summed E-state index contributed by atoms with van der Waals surface area (Å²) in [7, 11) is 0. The second-order valence-electron chi connectivity index (χ2n) is 8.70.